The third-order valence-electron chi connectivity index (χ3n) is 3.69. The number of aryl methyl sites for hydroxylation is 1. The number of sulfonamides is 1. The highest BCUT2D eigenvalue weighted by Crippen LogP contribution is 2.35. The van der Waals surface area contributed by atoms with Crippen molar-refractivity contribution < 1.29 is 13.2 Å². The molecule has 1 amide bonds. The Hall–Kier alpha value is -2.35. The molecule has 1 aromatic heterocycles. The van der Waals surface area contributed by atoms with Gasteiger partial charge in [0.25, 0.3) is 5.91 Å². The molecule has 1 aliphatic rings. The average molecular weight is 320 g/mol. The largest absolute Gasteiger partial charge is 0.320 e. The molecule has 0 atom stereocenters. The molecule has 0 bridgehead atoms. The van der Waals surface area contributed by atoms with E-state index in [1.807, 2.05) is 0 Å². The van der Waals surface area contributed by atoms with Crippen LogP contribution in [0.15, 0.2) is 30.5 Å². The van der Waals surface area contributed by atoms with Crippen LogP contribution in [0.2, 0.25) is 0 Å². The molecule has 2 heterocycles. The second-order valence-corrected chi connectivity index (χ2v) is 7.09. The van der Waals surface area contributed by atoms with Crippen molar-refractivity contribution in [3.8, 4) is 0 Å². The second kappa shape index (κ2) is 5.13. The standard InChI is InChI=1S/C14H16N4O3S/c1-17-13(6-8-15-17)14(19)16-11-4-3-5-12-10(11)7-9-18(12)22(2,20)21/h3-6,8H,7,9H2,1-2H3,(H,16,19). The Bertz CT molecular complexity index is 842. The van der Waals surface area contributed by atoms with Gasteiger partial charge in [0.15, 0.2) is 0 Å². The minimum atomic E-state index is -3.30. The molecule has 0 radical (unpaired) electrons. The number of amides is 1. The number of nitrogens with zero attached hydrogens (tertiary/aromatic N) is 3. The predicted molar refractivity (Wildman–Crippen MR) is 83.5 cm³/mol. The Balaban J connectivity index is 1.93. The van der Waals surface area contributed by atoms with Crippen LogP contribution >= 0.6 is 0 Å². The number of rotatable bonds is 3. The molecule has 0 aliphatic carbocycles. The summed E-state index contributed by atoms with van der Waals surface area (Å²) in [6, 6.07) is 6.89. The molecule has 1 aliphatic heterocycles. The molecular formula is C14H16N4O3S. The fourth-order valence-corrected chi connectivity index (χ4v) is 3.60. The van der Waals surface area contributed by atoms with Gasteiger partial charge >= 0.3 is 0 Å². The van der Waals surface area contributed by atoms with Gasteiger partial charge in [-0.1, -0.05) is 6.07 Å². The van der Waals surface area contributed by atoms with Crippen molar-refractivity contribution in [3.63, 3.8) is 0 Å². The molecule has 116 valence electrons. The Labute approximate surface area is 128 Å². The van der Waals surface area contributed by atoms with Crippen molar-refractivity contribution in [1.82, 2.24) is 9.78 Å². The van der Waals surface area contributed by atoms with Crippen LogP contribution in [0.4, 0.5) is 11.4 Å². The summed E-state index contributed by atoms with van der Waals surface area (Å²) in [6.45, 7) is 0.396. The average Bonchev–Trinajstić information content (AvgIpc) is 3.04. The minimum Gasteiger partial charge on any atom is -0.320 e. The summed E-state index contributed by atoms with van der Waals surface area (Å²) in [5, 5.41) is 6.80. The Kier molecular flexibility index (Phi) is 3.40. The van der Waals surface area contributed by atoms with Gasteiger partial charge in [-0.05, 0) is 24.6 Å². The van der Waals surface area contributed by atoms with Gasteiger partial charge in [0.2, 0.25) is 10.0 Å². The van der Waals surface area contributed by atoms with E-state index in [0.29, 0.717) is 30.0 Å². The lowest BCUT2D eigenvalue weighted by atomic mass is 10.1. The van der Waals surface area contributed by atoms with E-state index in [1.54, 1.807) is 37.5 Å². The van der Waals surface area contributed by atoms with E-state index in [4.69, 9.17) is 0 Å². The maximum absolute atomic E-state index is 12.3. The molecule has 22 heavy (non-hydrogen) atoms. The first kappa shape index (κ1) is 14.6. The molecule has 8 heteroatoms. The number of aromatic nitrogens is 2. The second-order valence-electron chi connectivity index (χ2n) is 5.18. The van der Waals surface area contributed by atoms with E-state index in [2.05, 4.69) is 10.4 Å². The van der Waals surface area contributed by atoms with Crippen molar-refractivity contribution in [3.05, 3.63) is 41.7 Å². The van der Waals surface area contributed by atoms with Crippen LogP contribution in [0, 0.1) is 0 Å². The molecule has 0 saturated carbocycles. The summed E-state index contributed by atoms with van der Waals surface area (Å²) >= 11 is 0. The van der Waals surface area contributed by atoms with Crippen LogP contribution in [0.1, 0.15) is 16.1 Å². The van der Waals surface area contributed by atoms with E-state index in [1.165, 1.54) is 15.2 Å². The maximum Gasteiger partial charge on any atom is 0.273 e. The number of anilines is 2. The Morgan fingerprint density at radius 1 is 1.32 bits per heavy atom. The quantitative estimate of drug-likeness (QED) is 0.914. The lowest BCUT2D eigenvalue weighted by molar-refractivity contribution is 0.101. The fraction of sp³-hybridized carbons (Fsp3) is 0.286. The predicted octanol–water partition coefficient (Wildman–Crippen LogP) is 0.995. The summed E-state index contributed by atoms with van der Waals surface area (Å²) < 4.78 is 26.4. The maximum atomic E-state index is 12.3. The first-order valence-electron chi connectivity index (χ1n) is 6.77. The Morgan fingerprint density at radius 3 is 2.73 bits per heavy atom. The molecule has 7 nitrogen and oxygen atoms in total. The van der Waals surface area contributed by atoms with E-state index < -0.39 is 10.0 Å². The summed E-state index contributed by atoms with van der Waals surface area (Å²) in [4.78, 5) is 12.3. The van der Waals surface area contributed by atoms with E-state index in [0.717, 1.165) is 5.56 Å². The monoisotopic (exact) mass is 320 g/mol. The first-order chi connectivity index (χ1) is 10.4. The van der Waals surface area contributed by atoms with E-state index >= 15 is 0 Å². The van der Waals surface area contributed by atoms with Gasteiger partial charge in [-0.2, -0.15) is 5.10 Å². The Morgan fingerprint density at radius 2 is 2.09 bits per heavy atom. The molecule has 0 fully saturated rings. The van der Waals surface area contributed by atoms with Crippen LogP contribution < -0.4 is 9.62 Å². The van der Waals surface area contributed by atoms with Gasteiger partial charge in [0.05, 0.1) is 11.9 Å². The molecule has 0 saturated heterocycles. The number of nitrogens with one attached hydrogen (secondary N) is 1. The van der Waals surface area contributed by atoms with Gasteiger partial charge in [-0.25, -0.2) is 8.42 Å². The molecule has 1 N–H and O–H groups in total. The van der Waals surface area contributed by atoms with E-state index in [-0.39, 0.29) is 5.91 Å². The van der Waals surface area contributed by atoms with Crippen molar-refractivity contribution in [1.29, 1.82) is 0 Å². The zero-order chi connectivity index (χ0) is 15.9. The summed E-state index contributed by atoms with van der Waals surface area (Å²) in [5.74, 6) is -0.272. The summed E-state index contributed by atoms with van der Waals surface area (Å²) in [7, 11) is -1.61. The van der Waals surface area contributed by atoms with Gasteiger partial charge in [0, 0.05) is 31.0 Å². The van der Waals surface area contributed by atoms with Gasteiger partial charge in [-0.3, -0.25) is 13.8 Å². The highest BCUT2D eigenvalue weighted by Gasteiger charge is 2.28. The number of hydrogen-bond acceptors (Lipinski definition) is 4. The molecule has 0 spiro atoms. The SMILES string of the molecule is Cn1nccc1C(=O)Nc1cccc2c1CCN2S(C)(=O)=O. The van der Waals surface area contributed by atoms with Crippen LogP contribution in [0.5, 0.6) is 0 Å². The molecule has 2 aromatic rings. The minimum absolute atomic E-state index is 0.272. The van der Waals surface area contributed by atoms with Crippen molar-refractivity contribution >= 4 is 27.3 Å². The van der Waals surface area contributed by atoms with Gasteiger partial charge in [0.1, 0.15) is 5.69 Å². The fourth-order valence-electron chi connectivity index (χ4n) is 2.65. The van der Waals surface area contributed by atoms with E-state index in [9.17, 15) is 13.2 Å². The lowest BCUT2D eigenvalue weighted by Crippen LogP contribution is -2.27. The van der Waals surface area contributed by atoms with Crippen LogP contribution in [-0.2, 0) is 23.5 Å². The third kappa shape index (κ3) is 2.45. The molecular weight excluding hydrogens is 304 g/mol. The highest BCUT2D eigenvalue weighted by atomic mass is 32.2. The number of fused-ring (bicyclic) bond motifs is 1. The number of carbonyl (C=O) groups is 1. The topological polar surface area (TPSA) is 84.3 Å². The van der Waals surface area contributed by atoms with Crippen LogP contribution in [-0.4, -0.2) is 36.9 Å². The van der Waals surface area contributed by atoms with Crippen LogP contribution in [0.25, 0.3) is 0 Å². The molecule has 0 unspecified atom stereocenters. The summed E-state index contributed by atoms with van der Waals surface area (Å²) in [5.41, 5.74) is 2.54. The van der Waals surface area contributed by atoms with Gasteiger partial charge in [-0.15, -0.1) is 0 Å². The number of hydrogen-bond donors (Lipinski definition) is 1. The third-order valence-corrected chi connectivity index (χ3v) is 4.87. The number of carbonyl (C=O) groups excluding carboxylic acids is 1. The van der Waals surface area contributed by atoms with Crippen molar-refractivity contribution in [2.24, 2.45) is 7.05 Å². The lowest BCUT2D eigenvalue weighted by Gasteiger charge is -2.17. The highest BCUT2D eigenvalue weighted by molar-refractivity contribution is 7.92. The number of benzene rings is 1. The van der Waals surface area contributed by atoms with Crippen LogP contribution in [0.3, 0.4) is 0 Å². The van der Waals surface area contributed by atoms with Crippen molar-refractivity contribution in [2.75, 3.05) is 22.4 Å². The zero-order valence-electron chi connectivity index (χ0n) is 12.3. The summed E-state index contributed by atoms with van der Waals surface area (Å²) in [6.07, 6.45) is 3.31. The van der Waals surface area contributed by atoms with Crippen molar-refractivity contribution in [2.45, 2.75) is 6.42 Å². The normalized spacial score (nSPS) is 14.0. The van der Waals surface area contributed by atoms with Gasteiger partial charge < -0.3 is 5.32 Å². The zero-order valence-corrected chi connectivity index (χ0v) is 13.1. The smallest absolute Gasteiger partial charge is 0.273 e. The first-order valence-corrected chi connectivity index (χ1v) is 8.62. The molecule has 3 rings (SSSR count). The molecule has 1 aromatic carbocycles.